The van der Waals surface area contributed by atoms with E-state index in [4.69, 9.17) is 19.9 Å². The molecule has 174 valence electrons. The summed E-state index contributed by atoms with van der Waals surface area (Å²) in [6, 6.07) is 13.3. The fourth-order valence-electron chi connectivity index (χ4n) is 3.33. The number of ether oxygens (including phenoxy) is 3. The van der Waals surface area contributed by atoms with Crippen molar-refractivity contribution in [1.82, 2.24) is 4.57 Å². The molecule has 0 bridgehead atoms. The van der Waals surface area contributed by atoms with Crippen molar-refractivity contribution in [3.8, 4) is 0 Å². The Balaban J connectivity index is 1.95. The number of methoxy groups -OCH3 is 1. The minimum atomic E-state index is -0.900. The lowest BCUT2D eigenvalue weighted by molar-refractivity contribution is -0.142. The molecule has 1 atom stereocenters. The average molecular weight is 453 g/mol. The van der Waals surface area contributed by atoms with Crippen LogP contribution in [0.15, 0.2) is 54.7 Å². The summed E-state index contributed by atoms with van der Waals surface area (Å²) in [4.78, 5) is 37.3. The minimum absolute atomic E-state index is 0.129. The van der Waals surface area contributed by atoms with Gasteiger partial charge in [-0.05, 0) is 44.0 Å². The van der Waals surface area contributed by atoms with Crippen LogP contribution in [0.3, 0.4) is 0 Å². The Kier molecular flexibility index (Phi) is 7.18. The lowest BCUT2D eigenvalue weighted by Crippen LogP contribution is -2.33. The lowest BCUT2D eigenvalue weighted by atomic mass is 10.0. The third kappa shape index (κ3) is 5.98. The smallest absolute Gasteiger partial charge is 0.419 e. The summed E-state index contributed by atoms with van der Waals surface area (Å²) in [7, 11) is 1.26. The molecule has 8 nitrogen and oxygen atoms in total. The van der Waals surface area contributed by atoms with Crippen LogP contribution in [-0.4, -0.2) is 41.4 Å². The quantitative estimate of drug-likeness (QED) is 0.447. The molecule has 0 aliphatic rings. The van der Waals surface area contributed by atoms with Crippen molar-refractivity contribution in [3.63, 3.8) is 0 Å². The molecular weight excluding hydrogens is 424 g/mol. The number of carbonyl (C=O) groups is 3. The standard InChI is InChI=1S/C25H28N2O6/c1-25(2,3)33-24(30)27-14-18(12-20(26)23(29)31-4)19-11-10-17(13-21(19)27)22(28)32-15-16-8-6-5-7-9-16/h5-11,13-14,20H,12,15,26H2,1-4H3/t20-/m0/s1. The third-order valence-corrected chi connectivity index (χ3v) is 4.87. The van der Waals surface area contributed by atoms with Gasteiger partial charge in [0.25, 0.3) is 0 Å². The topological polar surface area (TPSA) is 110 Å². The average Bonchev–Trinajstić information content (AvgIpc) is 3.14. The molecule has 1 aromatic heterocycles. The molecule has 1 heterocycles. The van der Waals surface area contributed by atoms with E-state index >= 15 is 0 Å². The summed E-state index contributed by atoms with van der Waals surface area (Å²) in [5.41, 5.74) is 7.46. The van der Waals surface area contributed by atoms with Crippen molar-refractivity contribution in [2.24, 2.45) is 5.73 Å². The molecule has 0 amide bonds. The number of carbonyl (C=O) groups excluding carboxylic acids is 3. The Hall–Kier alpha value is -3.65. The van der Waals surface area contributed by atoms with Crippen molar-refractivity contribution in [2.45, 2.75) is 45.4 Å². The predicted molar refractivity (Wildman–Crippen MR) is 123 cm³/mol. The molecule has 3 rings (SSSR count). The summed E-state index contributed by atoms with van der Waals surface area (Å²) in [5.74, 6) is -1.08. The highest BCUT2D eigenvalue weighted by atomic mass is 16.6. The molecule has 0 saturated heterocycles. The molecule has 8 heteroatoms. The van der Waals surface area contributed by atoms with Gasteiger partial charge in [0, 0.05) is 18.0 Å². The van der Waals surface area contributed by atoms with Gasteiger partial charge in [-0.25, -0.2) is 9.59 Å². The highest BCUT2D eigenvalue weighted by Gasteiger charge is 2.24. The normalized spacial score (nSPS) is 12.3. The van der Waals surface area contributed by atoms with Gasteiger partial charge >= 0.3 is 18.0 Å². The van der Waals surface area contributed by atoms with E-state index in [0.717, 1.165) is 5.56 Å². The van der Waals surface area contributed by atoms with Crippen LogP contribution in [0, 0.1) is 0 Å². The number of benzene rings is 2. The monoisotopic (exact) mass is 452 g/mol. The Morgan fingerprint density at radius 2 is 1.76 bits per heavy atom. The molecule has 0 saturated carbocycles. The number of rotatable bonds is 6. The van der Waals surface area contributed by atoms with Crippen LogP contribution >= 0.6 is 0 Å². The minimum Gasteiger partial charge on any atom is -0.468 e. The van der Waals surface area contributed by atoms with E-state index in [1.54, 1.807) is 45.2 Å². The molecular formula is C25H28N2O6. The molecule has 3 aromatic rings. The molecule has 0 aliphatic carbocycles. The largest absolute Gasteiger partial charge is 0.468 e. The molecule has 0 fully saturated rings. The molecule has 0 spiro atoms. The summed E-state index contributed by atoms with van der Waals surface area (Å²) in [6.45, 7) is 5.41. The van der Waals surface area contributed by atoms with Gasteiger partial charge in [0.05, 0.1) is 18.2 Å². The van der Waals surface area contributed by atoms with Crippen molar-refractivity contribution in [3.05, 3.63) is 71.4 Å². The number of esters is 2. The van der Waals surface area contributed by atoms with Crippen molar-refractivity contribution >= 4 is 28.9 Å². The molecule has 0 unspecified atom stereocenters. The Morgan fingerprint density at radius 1 is 1.06 bits per heavy atom. The molecule has 0 radical (unpaired) electrons. The maximum absolute atomic E-state index is 12.9. The van der Waals surface area contributed by atoms with Gasteiger partial charge in [0.15, 0.2) is 0 Å². The second kappa shape index (κ2) is 9.87. The first-order valence-electron chi connectivity index (χ1n) is 10.5. The Morgan fingerprint density at radius 3 is 2.39 bits per heavy atom. The number of aromatic nitrogens is 1. The van der Waals surface area contributed by atoms with Crippen LogP contribution in [-0.2, 0) is 32.0 Å². The number of nitrogens with two attached hydrogens (primary N) is 1. The molecule has 0 aliphatic heterocycles. The van der Waals surface area contributed by atoms with Crippen LogP contribution in [0.4, 0.5) is 4.79 Å². The van der Waals surface area contributed by atoms with Gasteiger partial charge in [-0.15, -0.1) is 0 Å². The zero-order valence-electron chi connectivity index (χ0n) is 19.2. The fraction of sp³-hybridized carbons (Fsp3) is 0.320. The second-order valence-corrected chi connectivity index (χ2v) is 8.63. The maximum Gasteiger partial charge on any atom is 0.419 e. The fourth-order valence-corrected chi connectivity index (χ4v) is 3.33. The van der Waals surface area contributed by atoms with E-state index in [0.29, 0.717) is 16.5 Å². The van der Waals surface area contributed by atoms with E-state index in [1.807, 2.05) is 30.3 Å². The van der Waals surface area contributed by atoms with Gasteiger partial charge in [-0.3, -0.25) is 9.36 Å². The first-order chi connectivity index (χ1) is 15.6. The van der Waals surface area contributed by atoms with Crippen LogP contribution in [0.5, 0.6) is 0 Å². The van der Waals surface area contributed by atoms with Crippen LogP contribution in [0.1, 0.15) is 42.3 Å². The molecule has 2 N–H and O–H groups in total. The zero-order chi connectivity index (χ0) is 24.2. The van der Waals surface area contributed by atoms with Crippen LogP contribution < -0.4 is 5.73 Å². The van der Waals surface area contributed by atoms with E-state index in [1.165, 1.54) is 11.7 Å². The van der Waals surface area contributed by atoms with Crippen molar-refractivity contribution in [1.29, 1.82) is 0 Å². The van der Waals surface area contributed by atoms with E-state index < -0.39 is 29.7 Å². The summed E-state index contributed by atoms with van der Waals surface area (Å²) in [5, 5.41) is 0.667. The Bertz CT molecular complexity index is 1160. The first-order valence-corrected chi connectivity index (χ1v) is 10.5. The zero-order valence-corrected chi connectivity index (χ0v) is 19.2. The van der Waals surface area contributed by atoms with Gasteiger partial charge in [-0.2, -0.15) is 0 Å². The third-order valence-electron chi connectivity index (χ3n) is 4.87. The molecule has 33 heavy (non-hydrogen) atoms. The van der Waals surface area contributed by atoms with Gasteiger partial charge in [0.1, 0.15) is 18.2 Å². The lowest BCUT2D eigenvalue weighted by Gasteiger charge is -2.19. The first kappa shape index (κ1) is 24.0. The predicted octanol–water partition coefficient (Wildman–Crippen LogP) is 3.82. The number of hydrogen-bond donors (Lipinski definition) is 1. The summed E-state index contributed by atoms with van der Waals surface area (Å²) < 4.78 is 16.9. The van der Waals surface area contributed by atoms with Crippen LogP contribution in [0.25, 0.3) is 10.9 Å². The van der Waals surface area contributed by atoms with Crippen molar-refractivity contribution in [2.75, 3.05) is 7.11 Å². The number of fused-ring (bicyclic) bond motifs is 1. The van der Waals surface area contributed by atoms with Gasteiger partial charge in [-0.1, -0.05) is 36.4 Å². The highest BCUT2D eigenvalue weighted by Crippen LogP contribution is 2.26. The SMILES string of the molecule is COC(=O)[C@@H](N)Cc1cn(C(=O)OC(C)(C)C)c2cc(C(=O)OCc3ccccc3)ccc12. The Labute approximate surface area is 192 Å². The van der Waals surface area contributed by atoms with E-state index in [2.05, 4.69) is 0 Å². The van der Waals surface area contributed by atoms with Crippen LogP contribution in [0.2, 0.25) is 0 Å². The summed E-state index contributed by atoms with van der Waals surface area (Å²) >= 11 is 0. The highest BCUT2D eigenvalue weighted by molar-refractivity contribution is 5.98. The number of hydrogen-bond acceptors (Lipinski definition) is 7. The maximum atomic E-state index is 12.9. The number of nitrogens with zero attached hydrogens (tertiary/aromatic N) is 1. The van der Waals surface area contributed by atoms with Gasteiger partial charge < -0.3 is 19.9 Å². The van der Waals surface area contributed by atoms with E-state index in [9.17, 15) is 14.4 Å². The van der Waals surface area contributed by atoms with E-state index in [-0.39, 0.29) is 18.6 Å². The van der Waals surface area contributed by atoms with Gasteiger partial charge in [0.2, 0.25) is 0 Å². The van der Waals surface area contributed by atoms with Crippen molar-refractivity contribution < 1.29 is 28.6 Å². The second-order valence-electron chi connectivity index (χ2n) is 8.63. The summed E-state index contributed by atoms with van der Waals surface area (Å²) in [6.07, 6.45) is 1.11. The molecule has 2 aromatic carbocycles.